The molecule has 4 heterocycles. The second-order valence-corrected chi connectivity index (χ2v) is 6.50. The zero-order chi connectivity index (χ0) is 27.5. The number of H-pyrrole nitrogens is 1. The van der Waals surface area contributed by atoms with E-state index in [9.17, 15) is 0 Å². The van der Waals surface area contributed by atoms with Gasteiger partial charge in [-0.15, -0.1) is 0 Å². The molecular formula is C25H30N12O. The Labute approximate surface area is 220 Å². The standard InChI is InChI=1S/C9H8N4.C8H10N4.C8H6N2.H4N2.H2O/c1-2-7-3-4-8(10-5-7)9-11-6-12-13-9;1-2-6-3-4-7(11-5-6)8(9)12-10;1-2-7-3-4-8(5-9)10-6-7;1-2;/h2-6H,1H2,(H,11,12,13);2-5H,1,10H2,(H2,9,12);2-4,6H,1H2;1-2H2;1H2. The first-order chi connectivity index (χ1) is 18.0. The lowest BCUT2D eigenvalue weighted by Crippen LogP contribution is -2.16. The first-order valence-corrected chi connectivity index (χ1v) is 10.4. The van der Waals surface area contributed by atoms with Crippen LogP contribution in [0.3, 0.4) is 0 Å². The number of hydrogen-bond donors (Lipinski definition) is 5. The minimum atomic E-state index is 0. The summed E-state index contributed by atoms with van der Waals surface area (Å²) in [4.78, 5) is 16.0. The van der Waals surface area contributed by atoms with E-state index in [1.165, 1.54) is 6.33 Å². The lowest BCUT2D eigenvalue weighted by molar-refractivity contribution is 0.824. The third-order valence-electron chi connectivity index (χ3n) is 4.24. The molecule has 0 aliphatic heterocycles. The van der Waals surface area contributed by atoms with Crippen LogP contribution in [0.4, 0.5) is 0 Å². The van der Waals surface area contributed by atoms with Crippen LogP contribution in [0.5, 0.6) is 0 Å². The maximum atomic E-state index is 8.36. The van der Waals surface area contributed by atoms with Gasteiger partial charge in [-0.2, -0.15) is 15.5 Å². The third kappa shape index (κ3) is 10.8. The molecular weight excluding hydrogens is 484 g/mol. The molecule has 0 saturated carbocycles. The predicted octanol–water partition coefficient (Wildman–Crippen LogP) is 1.40. The van der Waals surface area contributed by atoms with Crippen LogP contribution in [0, 0.1) is 11.3 Å². The lowest BCUT2D eigenvalue weighted by Gasteiger charge is -1.97. The van der Waals surface area contributed by atoms with Crippen molar-refractivity contribution in [3.63, 3.8) is 0 Å². The molecule has 4 aromatic rings. The van der Waals surface area contributed by atoms with Gasteiger partial charge in [0.05, 0.1) is 0 Å². The molecule has 38 heavy (non-hydrogen) atoms. The minimum Gasteiger partial charge on any atom is -0.412 e. The van der Waals surface area contributed by atoms with Crippen molar-refractivity contribution in [1.82, 2.24) is 30.1 Å². The van der Waals surface area contributed by atoms with Crippen LogP contribution in [-0.4, -0.2) is 41.4 Å². The smallest absolute Gasteiger partial charge is 0.174 e. The molecule has 0 aliphatic rings. The summed E-state index contributed by atoms with van der Waals surface area (Å²) in [5.41, 5.74) is 10.1. The number of hydrazone groups is 1. The van der Waals surface area contributed by atoms with Gasteiger partial charge in [-0.3, -0.25) is 26.8 Å². The molecule has 196 valence electrons. The highest BCUT2D eigenvalue weighted by atomic mass is 16.0. The number of nitriles is 1. The zero-order valence-corrected chi connectivity index (χ0v) is 20.6. The number of hydrogen-bond acceptors (Lipinski definition) is 10. The molecule has 11 N–H and O–H groups in total. The fourth-order valence-electron chi connectivity index (χ4n) is 2.33. The van der Waals surface area contributed by atoms with Crippen molar-refractivity contribution in [3.8, 4) is 17.6 Å². The highest BCUT2D eigenvalue weighted by Gasteiger charge is 2.00. The van der Waals surface area contributed by atoms with E-state index in [1.54, 1.807) is 55.0 Å². The zero-order valence-electron chi connectivity index (χ0n) is 20.6. The van der Waals surface area contributed by atoms with Crippen LogP contribution in [0.2, 0.25) is 0 Å². The summed E-state index contributed by atoms with van der Waals surface area (Å²) < 4.78 is 0. The van der Waals surface area contributed by atoms with Gasteiger partial charge in [0.2, 0.25) is 0 Å². The molecule has 0 aromatic carbocycles. The van der Waals surface area contributed by atoms with E-state index >= 15 is 0 Å². The van der Waals surface area contributed by atoms with Crippen molar-refractivity contribution in [3.05, 3.63) is 109 Å². The fraction of sp³-hybridized carbons (Fsp3) is 0. The summed E-state index contributed by atoms with van der Waals surface area (Å²) >= 11 is 0. The molecule has 0 aliphatic carbocycles. The molecule has 0 unspecified atom stereocenters. The van der Waals surface area contributed by atoms with Crippen LogP contribution < -0.4 is 23.3 Å². The van der Waals surface area contributed by atoms with Crippen LogP contribution >= 0.6 is 0 Å². The van der Waals surface area contributed by atoms with Gasteiger partial charge < -0.3 is 17.1 Å². The van der Waals surface area contributed by atoms with Crippen molar-refractivity contribution in [1.29, 1.82) is 5.26 Å². The summed E-state index contributed by atoms with van der Waals surface area (Å²) in [5.74, 6) is 13.9. The topological polar surface area (TPSA) is 252 Å². The number of amidine groups is 1. The van der Waals surface area contributed by atoms with E-state index in [4.69, 9.17) is 16.8 Å². The number of aromatic amines is 1. The number of pyridine rings is 3. The molecule has 4 rings (SSSR count). The number of nitrogens with zero attached hydrogens (tertiary/aromatic N) is 7. The number of aromatic nitrogens is 6. The molecule has 0 fully saturated rings. The number of nitrogens with two attached hydrogens (primary N) is 4. The molecule has 4 aromatic heterocycles. The number of hydrazine groups is 1. The summed E-state index contributed by atoms with van der Waals surface area (Å²) in [6, 6.07) is 12.8. The van der Waals surface area contributed by atoms with Crippen molar-refractivity contribution in [2.75, 3.05) is 0 Å². The normalized spacial score (nSPS) is 9.24. The fourth-order valence-corrected chi connectivity index (χ4v) is 2.33. The molecule has 0 atom stereocenters. The third-order valence-corrected chi connectivity index (χ3v) is 4.24. The van der Waals surface area contributed by atoms with Gasteiger partial charge in [-0.25, -0.2) is 9.97 Å². The van der Waals surface area contributed by atoms with E-state index in [0.717, 1.165) is 22.4 Å². The van der Waals surface area contributed by atoms with Crippen LogP contribution in [-0.2, 0) is 0 Å². The average molecular weight is 515 g/mol. The molecule has 13 nitrogen and oxygen atoms in total. The number of rotatable bonds is 5. The Morgan fingerprint density at radius 3 is 1.76 bits per heavy atom. The first-order valence-electron chi connectivity index (χ1n) is 10.4. The van der Waals surface area contributed by atoms with Gasteiger partial charge in [0.25, 0.3) is 0 Å². The van der Waals surface area contributed by atoms with Gasteiger partial charge in [0.15, 0.2) is 11.7 Å². The maximum Gasteiger partial charge on any atom is 0.174 e. The highest BCUT2D eigenvalue weighted by molar-refractivity contribution is 5.95. The minimum absolute atomic E-state index is 0. The predicted molar refractivity (Wildman–Crippen MR) is 150 cm³/mol. The summed E-state index contributed by atoms with van der Waals surface area (Å²) in [6.07, 6.45) is 11.6. The molecule has 0 spiro atoms. The lowest BCUT2D eigenvalue weighted by atomic mass is 10.2. The summed E-state index contributed by atoms with van der Waals surface area (Å²) in [6.45, 7) is 10.8. The molecule has 0 bridgehead atoms. The van der Waals surface area contributed by atoms with Crippen molar-refractivity contribution in [2.45, 2.75) is 0 Å². The van der Waals surface area contributed by atoms with E-state index in [0.29, 0.717) is 17.2 Å². The van der Waals surface area contributed by atoms with Gasteiger partial charge in [0.1, 0.15) is 29.5 Å². The average Bonchev–Trinajstić information content (AvgIpc) is 3.54. The Kier molecular flexibility index (Phi) is 16.0. The van der Waals surface area contributed by atoms with E-state index in [-0.39, 0.29) is 11.3 Å². The van der Waals surface area contributed by atoms with Crippen LogP contribution in [0.25, 0.3) is 29.7 Å². The quantitative estimate of drug-likeness (QED) is 0.111. The van der Waals surface area contributed by atoms with Gasteiger partial charge in [0, 0.05) is 18.6 Å². The van der Waals surface area contributed by atoms with Gasteiger partial charge in [-0.05, 0) is 34.9 Å². The Balaban J connectivity index is 0.000000520. The molecule has 0 amide bonds. The summed E-state index contributed by atoms with van der Waals surface area (Å²) in [5, 5.41) is 18.2. The highest BCUT2D eigenvalue weighted by Crippen LogP contribution is 2.10. The molecule has 0 saturated heterocycles. The van der Waals surface area contributed by atoms with Crippen molar-refractivity contribution in [2.24, 2.45) is 28.4 Å². The second kappa shape index (κ2) is 18.7. The van der Waals surface area contributed by atoms with Gasteiger partial charge >= 0.3 is 0 Å². The van der Waals surface area contributed by atoms with E-state index in [2.05, 4.69) is 66.7 Å². The second-order valence-electron chi connectivity index (χ2n) is 6.50. The first kappa shape index (κ1) is 32.5. The van der Waals surface area contributed by atoms with E-state index < -0.39 is 0 Å². The van der Waals surface area contributed by atoms with Gasteiger partial charge in [-0.1, -0.05) is 56.2 Å². The Hall–Kier alpha value is -5.55. The Bertz CT molecular complexity index is 1290. The molecule has 0 radical (unpaired) electrons. The van der Waals surface area contributed by atoms with Crippen molar-refractivity contribution < 1.29 is 5.48 Å². The molecule has 13 heteroatoms. The van der Waals surface area contributed by atoms with Crippen molar-refractivity contribution >= 4 is 24.1 Å². The van der Waals surface area contributed by atoms with Crippen LogP contribution in [0.15, 0.2) is 86.2 Å². The number of nitrogens with one attached hydrogen (secondary N) is 1. The SMILES string of the molecule is C=Cc1ccc(-c2ncn[nH]2)nc1.C=Cc1ccc(C#N)nc1.C=Cc1ccc(C(N)=NN)nc1.NN.O. The summed E-state index contributed by atoms with van der Waals surface area (Å²) in [7, 11) is 0. The largest absolute Gasteiger partial charge is 0.412 e. The Morgan fingerprint density at radius 1 is 0.842 bits per heavy atom. The van der Waals surface area contributed by atoms with E-state index in [1.807, 2.05) is 24.3 Å². The maximum absolute atomic E-state index is 8.36. The Morgan fingerprint density at radius 2 is 1.39 bits per heavy atom. The monoisotopic (exact) mass is 514 g/mol. The van der Waals surface area contributed by atoms with Crippen LogP contribution in [0.1, 0.15) is 28.1 Å².